The van der Waals surface area contributed by atoms with Crippen molar-refractivity contribution in [3.63, 3.8) is 0 Å². The van der Waals surface area contributed by atoms with Crippen LogP contribution in [0.15, 0.2) is 42.5 Å². The minimum Gasteiger partial charge on any atom is -0.493 e. The van der Waals surface area contributed by atoms with Gasteiger partial charge in [-0.25, -0.2) is 4.39 Å². The van der Waals surface area contributed by atoms with E-state index in [1.54, 1.807) is 20.3 Å². The summed E-state index contributed by atoms with van der Waals surface area (Å²) in [5.74, 6) is 1.19. The van der Waals surface area contributed by atoms with Gasteiger partial charge in [-0.05, 0) is 54.7 Å². The maximum absolute atomic E-state index is 13.3. The van der Waals surface area contributed by atoms with Crippen LogP contribution in [0.1, 0.15) is 36.4 Å². The Kier molecular flexibility index (Phi) is 5.76. The lowest BCUT2D eigenvalue weighted by molar-refractivity contribution is -0.132. The maximum Gasteiger partial charge on any atom is 0.223 e. The molecule has 1 heterocycles. The van der Waals surface area contributed by atoms with Crippen molar-refractivity contribution in [3.05, 3.63) is 59.4 Å². The summed E-state index contributed by atoms with van der Waals surface area (Å²) >= 11 is 0. The van der Waals surface area contributed by atoms with Crippen molar-refractivity contribution in [2.75, 3.05) is 20.8 Å². The highest BCUT2D eigenvalue weighted by Gasteiger charge is 2.30. The number of hydrogen-bond acceptors (Lipinski definition) is 3. The molecule has 5 heteroatoms. The van der Waals surface area contributed by atoms with E-state index in [1.165, 1.54) is 12.1 Å². The number of carbonyl (C=O) groups is 1. The van der Waals surface area contributed by atoms with Crippen molar-refractivity contribution in [2.24, 2.45) is 0 Å². The smallest absolute Gasteiger partial charge is 0.223 e. The number of likely N-dealkylation sites (tertiary alicyclic amines) is 1. The van der Waals surface area contributed by atoms with Crippen LogP contribution in [0, 0.1) is 5.82 Å². The van der Waals surface area contributed by atoms with Crippen molar-refractivity contribution in [3.8, 4) is 11.5 Å². The van der Waals surface area contributed by atoms with E-state index in [2.05, 4.69) is 0 Å². The molecule has 4 nitrogen and oxygen atoms in total. The molecule has 1 aliphatic heterocycles. The zero-order valence-corrected chi connectivity index (χ0v) is 15.2. The molecule has 0 bridgehead atoms. The minimum atomic E-state index is -0.265. The van der Waals surface area contributed by atoms with Crippen LogP contribution in [0.3, 0.4) is 0 Å². The number of carbonyl (C=O) groups excluding carboxylic acids is 1. The summed E-state index contributed by atoms with van der Waals surface area (Å²) < 4.78 is 24.0. The molecular formula is C21H24FNO3. The average Bonchev–Trinajstić information content (AvgIpc) is 3.15. The van der Waals surface area contributed by atoms with Crippen molar-refractivity contribution in [1.29, 1.82) is 0 Å². The summed E-state index contributed by atoms with van der Waals surface area (Å²) in [6.07, 6.45) is 2.84. The van der Waals surface area contributed by atoms with E-state index in [0.29, 0.717) is 24.3 Å². The predicted octanol–water partition coefficient (Wildman–Crippen LogP) is 4.14. The molecule has 1 atom stereocenters. The van der Waals surface area contributed by atoms with Gasteiger partial charge < -0.3 is 14.4 Å². The molecule has 0 aliphatic carbocycles. The SMILES string of the molecule is COc1ccc(C2CCCN2C(=O)CCc2cccc(F)c2)cc1OC. The van der Waals surface area contributed by atoms with Gasteiger partial charge >= 0.3 is 0 Å². The topological polar surface area (TPSA) is 38.8 Å². The zero-order chi connectivity index (χ0) is 18.5. The highest BCUT2D eigenvalue weighted by atomic mass is 19.1. The summed E-state index contributed by atoms with van der Waals surface area (Å²) in [6.45, 7) is 0.751. The molecule has 0 aromatic heterocycles. The number of methoxy groups -OCH3 is 2. The minimum absolute atomic E-state index is 0.0508. The van der Waals surface area contributed by atoms with Gasteiger partial charge in [0, 0.05) is 13.0 Å². The number of benzene rings is 2. The van der Waals surface area contributed by atoms with Gasteiger partial charge in [-0.2, -0.15) is 0 Å². The third-order valence-corrected chi connectivity index (χ3v) is 4.88. The Labute approximate surface area is 153 Å². The van der Waals surface area contributed by atoms with Crippen molar-refractivity contribution in [1.82, 2.24) is 4.90 Å². The highest BCUT2D eigenvalue weighted by molar-refractivity contribution is 5.77. The fourth-order valence-electron chi connectivity index (χ4n) is 3.56. The molecule has 0 N–H and O–H groups in total. The molecule has 2 aromatic rings. The summed E-state index contributed by atoms with van der Waals surface area (Å²) in [5, 5.41) is 0. The van der Waals surface area contributed by atoms with Crippen molar-refractivity contribution >= 4 is 5.91 Å². The number of nitrogens with zero attached hydrogens (tertiary/aromatic N) is 1. The van der Waals surface area contributed by atoms with Crippen molar-refractivity contribution in [2.45, 2.75) is 31.7 Å². The second-order valence-electron chi connectivity index (χ2n) is 6.49. The van der Waals surface area contributed by atoms with Crippen LogP contribution in [0.5, 0.6) is 11.5 Å². The Balaban J connectivity index is 1.70. The predicted molar refractivity (Wildman–Crippen MR) is 98.0 cm³/mol. The molecule has 1 fully saturated rings. The fourth-order valence-corrected chi connectivity index (χ4v) is 3.56. The third-order valence-electron chi connectivity index (χ3n) is 4.88. The van der Waals surface area contributed by atoms with Gasteiger partial charge in [0.1, 0.15) is 5.82 Å². The summed E-state index contributed by atoms with van der Waals surface area (Å²) in [4.78, 5) is 14.7. The standard InChI is InChI=1S/C21H24FNO3/c1-25-19-10-9-16(14-20(19)26-2)18-7-4-12-23(18)21(24)11-8-15-5-3-6-17(22)13-15/h3,5-6,9-10,13-14,18H,4,7-8,11-12H2,1-2H3. The number of aryl methyl sites for hydroxylation is 1. The Morgan fingerprint density at radius 2 is 1.96 bits per heavy atom. The first-order valence-corrected chi connectivity index (χ1v) is 8.88. The van der Waals surface area contributed by atoms with E-state index in [-0.39, 0.29) is 17.8 Å². The molecule has 1 saturated heterocycles. The lowest BCUT2D eigenvalue weighted by atomic mass is 10.0. The molecule has 1 amide bonds. The van der Waals surface area contributed by atoms with E-state index in [9.17, 15) is 9.18 Å². The molecule has 138 valence electrons. The van der Waals surface area contributed by atoms with Gasteiger partial charge in [-0.3, -0.25) is 4.79 Å². The molecule has 0 saturated carbocycles. The van der Waals surface area contributed by atoms with Gasteiger partial charge in [-0.1, -0.05) is 18.2 Å². The zero-order valence-electron chi connectivity index (χ0n) is 15.2. The van der Waals surface area contributed by atoms with Crippen LogP contribution in [0.4, 0.5) is 4.39 Å². The van der Waals surface area contributed by atoms with Crippen LogP contribution in [-0.4, -0.2) is 31.6 Å². The molecular weight excluding hydrogens is 333 g/mol. The first-order valence-electron chi connectivity index (χ1n) is 8.88. The highest BCUT2D eigenvalue weighted by Crippen LogP contribution is 2.37. The first kappa shape index (κ1) is 18.2. The monoisotopic (exact) mass is 357 g/mol. The molecule has 1 aliphatic rings. The Morgan fingerprint density at radius 1 is 1.15 bits per heavy atom. The Morgan fingerprint density at radius 3 is 2.69 bits per heavy atom. The van der Waals surface area contributed by atoms with E-state index in [0.717, 1.165) is 30.5 Å². The van der Waals surface area contributed by atoms with E-state index < -0.39 is 0 Å². The van der Waals surface area contributed by atoms with Crippen LogP contribution in [0.25, 0.3) is 0 Å². The van der Waals surface area contributed by atoms with Gasteiger partial charge in [0.05, 0.1) is 20.3 Å². The second kappa shape index (κ2) is 8.21. The van der Waals surface area contributed by atoms with E-state index in [1.807, 2.05) is 29.2 Å². The normalized spacial score (nSPS) is 16.6. The second-order valence-corrected chi connectivity index (χ2v) is 6.49. The number of halogens is 1. The summed E-state index contributed by atoms with van der Waals surface area (Å²) in [6, 6.07) is 12.3. The number of rotatable bonds is 6. The number of ether oxygens (including phenoxy) is 2. The van der Waals surface area contributed by atoms with Crippen molar-refractivity contribution < 1.29 is 18.7 Å². The lowest BCUT2D eigenvalue weighted by Crippen LogP contribution is -2.30. The molecule has 26 heavy (non-hydrogen) atoms. The maximum atomic E-state index is 13.3. The molecule has 3 rings (SSSR count). The molecule has 2 aromatic carbocycles. The lowest BCUT2D eigenvalue weighted by Gasteiger charge is -2.26. The molecule has 1 unspecified atom stereocenters. The average molecular weight is 357 g/mol. The van der Waals surface area contributed by atoms with Gasteiger partial charge in [-0.15, -0.1) is 0 Å². The number of hydrogen-bond donors (Lipinski definition) is 0. The van der Waals surface area contributed by atoms with Gasteiger partial charge in [0.25, 0.3) is 0 Å². The van der Waals surface area contributed by atoms with Crippen LogP contribution >= 0.6 is 0 Å². The fraction of sp³-hybridized carbons (Fsp3) is 0.381. The molecule has 0 spiro atoms. The summed E-state index contributed by atoms with van der Waals surface area (Å²) in [7, 11) is 3.22. The van der Waals surface area contributed by atoms with Crippen LogP contribution in [0.2, 0.25) is 0 Å². The van der Waals surface area contributed by atoms with E-state index in [4.69, 9.17) is 9.47 Å². The quantitative estimate of drug-likeness (QED) is 0.780. The summed E-state index contributed by atoms with van der Waals surface area (Å²) in [5.41, 5.74) is 1.90. The Hall–Kier alpha value is -2.56. The first-order chi connectivity index (χ1) is 12.6. The van der Waals surface area contributed by atoms with Gasteiger partial charge in [0.2, 0.25) is 5.91 Å². The number of amides is 1. The van der Waals surface area contributed by atoms with Gasteiger partial charge in [0.15, 0.2) is 11.5 Å². The Bertz CT molecular complexity index is 778. The largest absolute Gasteiger partial charge is 0.493 e. The third kappa shape index (κ3) is 3.98. The van der Waals surface area contributed by atoms with Crippen LogP contribution < -0.4 is 9.47 Å². The van der Waals surface area contributed by atoms with Crippen LogP contribution in [-0.2, 0) is 11.2 Å². The van der Waals surface area contributed by atoms with E-state index >= 15 is 0 Å². The molecule has 0 radical (unpaired) electrons.